The smallest absolute Gasteiger partial charge is 0.330 e. The van der Waals surface area contributed by atoms with Gasteiger partial charge < -0.3 is 4.74 Å². The second-order valence-corrected chi connectivity index (χ2v) is 4.74. The van der Waals surface area contributed by atoms with Gasteiger partial charge >= 0.3 is 5.97 Å². The van der Waals surface area contributed by atoms with E-state index >= 15 is 0 Å². The number of rotatable bonds is 9. The Bertz CT molecular complexity index is 221. The average molecular weight is 240 g/mol. The van der Waals surface area contributed by atoms with Crippen LogP contribution in [0.1, 0.15) is 66.2 Å². The maximum Gasteiger partial charge on any atom is 0.330 e. The van der Waals surface area contributed by atoms with Gasteiger partial charge in [0.15, 0.2) is 0 Å². The fourth-order valence-electron chi connectivity index (χ4n) is 1.95. The maximum atomic E-state index is 11.2. The third-order valence-electron chi connectivity index (χ3n) is 3.14. The molecule has 0 aromatic heterocycles. The number of hydrogen-bond donors (Lipinski definition) is 0. The number of carbonyl (C=O) groups excluding carboxylic acids is 1. The Morgan fingerprint density at radius 1 is 1.24 bits per heavy atom. The zero-order valence-corrected chi connectivity index (χ0v) is 11.9. The number of unbranched alkanes of at least 4 members (excludes halogenated alkanes) is 1. The molecule has 0 rings (SSSR count). The summed E-state index contributed by atoms with van der Waals surface area (Å²) in [5.74, 6) is 0.569. The zero-order chi connectivity index (χ0) is 13.1. The highest BCUT2D eigenvalue weighted by Gasteiger charge is 2.11. The van der Waals surface area contributed by atoms with Gasteiger partial charge in [0.25, 0.3) is 0 Å². The molecule has 0 spiro atoms. The first-order valence-electron chi connectivity index (χ1n) is 6.97. The predicted molar refractivity (Wildman–Crippen MR) is 72.9 cm³/mol. The molecule has 0 saturated heterocycles. The topological polar surface area (TPSA) is 26.3 Å². The summed E-state index contributed by atoms with van der Waals surface area (Å²) in [6, 6.07) is 0. The lowest BCUT2D eigenvalue weighted by Gasteiger charge is -2.17. The number of hydrogen-bond acceptors (Lipinski definition) is 2. The number of esters is 1. The quantitative estimate of drug-likeness (QED) is 0.438. The van der Waals surface area contributed by atoms with Gasteiger partial charge in [-0.2, -0.15) is 0 Å². The highest BCUT2D eigenvalue weighted by atomic mass is 16.5. The van der Waals surface area contributed by atoms with Crippen LogP contribution >= 0.6 is 0 Å². The fraction of sp³-hybridized carbons (Fsp3) is 0.800. The molecule has 0 aliphatic heterocycles. The molecule has 0 bridgehead atoms. The van der Waals surface area contributed by atoms with E-state index in [1.165, 1.54) is 38.2 Å². The molecule has 0 N–H and O–H groups in total. The molecule has 17 heavy (non-hydrogen) atoms. The van der Waals surface area contributed by atoms with Crippen LogP contribution in [-0.2, 0) is 9.53 Å². The monoisotopic (exact) mass is 240 g/mol. The van der Waals surface area contributed by atoms with E-state index in [2.05, 4.69) is 13.8 Å². The number of carbonyl (C=O) groups is 1. The Kier molecular flexibility index (Phi) is 9.89. The normalized spacial score (nSPS) is 14.8. The lowest BCUT2D eigenvalue weighted by Crippen LogP contribution is -2.14. The molecular formula is C15H28O2. The molecule has 0 aromatic carbocycles. The van der Waals surface area contributed by atoms with Crippen LogP contribution in [0, 0.1) is 5.92 Å². The minimum atomic E-state index is -0.221. The Labute approximate surface area is 106 Å². The Morgan fingerprint density at radius 2 is 1.94 bits per heavy atom. The Hall–Kier alpha value is -0.790. The largest absolute Gasteiger partial charge is 0.460 e. The first-order valence-corrected chi connectivity index (χ1v) is 6.97. The van der Waals surface area contributed by atoms with Crippen molar-refractivity contribution in [1.82, 2.24) is 0 Å². The van der Waals surface area contributed by atoms with Gasteiger partial charge in [0.1, 0.15) is 0 Å². The van der Waals surface area contributed by atoms with Gasteiger partial charge in [-0.25, -0.2) is 4.79 Å². The molecule has 2 unspecified atom stereocenters. The second kappa shape index (κ2) is 10.4. The van der Waals surface area contributed by atoms with Crippen LogP contribution in [0.4, 0.5) is 0 Å². The van der Waals surface area contributed by atoms with Crippen molar-refractivity contribution >= 4 is 5.97 Å². The minimum absolute atomic E-state index is 0.0365. The average Bonchev–Trinajstić information content (AvgIpc) is 2.29. The summed E-state index contributed by atoms with van der Waals surface area (Å²) in [5.41, 5.74) is 0. The van der Waals surface area contributed by atoms with Crippen molar-refractivity contribution in [3.63, 3.8) is 0 Å². The van der Waals surface area contributed by atoms with Crippen molar-refractivity contribution in [2.75, 3.05) is 0 Å². The third kappa shape index (κ3) is 8.96. The van der Waals surface area contributed by atoms with E-state index in [0.717, 1.165) is 12.3 Å². The first kappa shape index (κ1) is 16.2. The molecule has 0 aromatic rings. The van der Waals surface area contributed by atoms with Crippen LogP contribution in [0.2, 0.25) is 0 Å². The van der Waals surface area contributed by atoms with Crippen LogP contribution < -0.4 is 0 Å². The van der Waals surface area contributed by atoms with Gasteiger partial charge in [-0.1, -0.05) is 45.6 Å². The molecule has 0 aliphatic rings. The van der Waals surface area contributed by atoms with E-state index in [4.69, 9.17) is 4.74 Å². The summed E-state index contributed by atoms with van der Waals surface area (Å²) >= 11 is 0. The van der Waals surface area contributed by atoms with Crippen LogP contribution in [-0.4, -0.2) is 12.1 Å². The van der Waals surface area contributed by atoms with Crippen molar-refractivity contribution < 1.29 is 9.53 Å². The molecule has 0 amide bonds. The van der Waals surface area contributed by atoms with Crippen LogP contribution in [0.15, 0.2) is 12.2 Å². The maximum absolute atomic E-state index is 11.2. The van der Waals surface area contributed by atoms with Gasteiger partial charge in [0.05, 0.1) is 6.10 Å². The van der Waals surface area contributed by atoms with E-state index < -0.39 is 0 Å². The summed E-state index contributed by atoms with van der Waals surface area (Å²) in [6.45, 7) is 8.28. The summed E-state index contributed by atoms with van der Waals surface area (Å²) in [5, 5.41) is 0. The summed E-state index contributed by atoms with van der Waals surface area (Å²) in [6.07, 6.45) is 10.5. The number of allylic oxidation sites excluding steroid dienone is 1. The van der Waals surface area contributed by atoms with E-state index in [0.29, 0.717) is 0 Å². The first-order chi connectivity index (χ1) is 8.13. The zero-order valence-electron chi connectivity index (χ0n) is 11.9. The molecular weight excluding hydrogens is 212 g/mol. The highest BCUT2D eigenvalue weighted by molar-refractivity contribution is 5.81. The Morgan fingerprint density at radius 3 is 2.47 bits per heavy atom. The predicted octanol–water partition coefficient (Wildman–Crippen LogP) is 4.49. The fourth-order valence-corrected chi connectivity index (χ4v) is 1.95. The summed E-state index contributed by atoms with van der Waals surface area (Å²) in [7, 11) is 0. The molecule has 0 heterocycles. The lowest BCUT2D eigenvalue weighted by molar-refractivity contribution is -0.142. The summed E-state index contributed by atoms with van der Waals surface area (Å²) < 4.78 is 5.26. The molecule has 0 radical (unpaired) electrons. The van der Waals surface area contributed by atoms with Crippen molar-refractivity contribution in [3.05, 3.63) is 12.2 Å². The van der Waals surface area contributed by atoms with Crippen LogP contribution in [0.3, 0.4) is 0 Å². The SMILES string of the molecule is C/C=C/C(=O)OC(C)CCC(CC)CCCC. The van der Waals surface area contributed by atoms with Crippen LogP contribution in [0.25, 0.3) is 0 Å². The molecule has 100 valence electrons. The van der Waals surface area contributed by atoms with E-state index in [9.17, 15) is 4.79 Å². The molecule has 0 saturated carbocycles. The van der Waals surface area contributed by atoms with Gasteiger partial charge in [0.2, 0.25) is 0 Å². The van der Waals surface area contributed by atoms with Crippen LogP contribution in [0.5, 0.6) is 0 Å². The summed E-state index contributed by atoms with van der Waals surface area (Å²) in [4.78, 5) is 11.2. The van der Waals surface area contributed by atoms with Gasteiger partial charge in [-0.3, -0.25) is 0 Å². The van der Waals surface area contributed by atoms with E-state index in [-0.39, 0.29) is 12.1 Å². The molecule has 0 fully saturated rings. The number of ether oxygens (including phenoxy) is 1. The standard InChI is InChI=1S/C15H28O2/c1-5-8-10-14(7-3)12-11-13(4)17-15(16)9-6-2/h6,9,13-14H,5,7-8,10-12H2,1-4H3/b9-6+. The van der Waals surface area contributed by atoms with Crippen molar-refractivity contribution in [2.24, 2.45) is 5.92 Å². The molecule has 2 atom stereocenters. The molecule has 0 aliphatic carbocycles. The van der Waals surface area contributed by atoms with Gasteiger partial charge in [0, 0.05) is 6.08 Å². The Balaban J connectivity index is 3.79. The molecule has 2 nitrogen and oxygen atoms in total. The van der Waals surface area contributed by atoms with E-state index in [1.54, 1.807) is 6.08 Å². The third-order valence-corrected chi connectivity index (χ3v) is 3.14. The van der Waals surface area contributed by atoms with E-state index in [1.807, 2.05) is 13.8 Å². The lowest BCUT2D eigenvalue weighted by atomic mass is 9.93. The highest BCUT2D eigenvalue weighted by Crippen LogP contribution is 2.20. The minimum Gasteiger partial charge on any atom is -0.460 e. The van der Waals surface area contributed by atoms with Crippen molar-refractivity contribution in [1.29, 1.82) is 0 Å². The van der Waals surface area contributed by atoms with Crippen molar-refractivity contribution in [2.45, 2.75) is 72.3 Å². The second-order valence-electron chi connectivity index (χ2n) is 4.74. The van der Waals surface area contributed by atoms with Gasteiger partial charge in [-0.05, 0) is 32.6 Å². The molecule has 2 heteroatoms. The van der Waals surface area contributed by atoms with Crippen molar-refractivity contribution in [3.8, 4) is 0 Å². The van der Waals surface area contributed by atoms with Gasteiger partial charge in [-0.15, -0.1) is 0 Å².